The number of nitrogens with zero attached hydrogens (tertiary/aromatic N) is 2. The molecule has 0 aliphatic heterocycles. The van der Waals surface area contributed by atoms with E-state index in [9.17, 15) is 9.59 Å². The summed E-state index contributed by atoms with van der Waals surface area (Å²) < 4.78 is 9.84. The molecule has 3 aromatic rings. The fourth-order valence-corrected chi connectivity index (χ4v) is 2.65. The molecule has 1 N–H and O–H groups in total. The summed E-state index contributed by atoms with van der Waals surface area (Å²) in [5.41, 5.74) is 1.70. The highest BCUT2D eigenvalue weighted by atomic mass is 16.5. The van der Waals surface area contributed by atoms with Crippen molar-refractivity contribution in [3.8, 4) is 5.88 Å². The summed E-state index contributed by atoms with van der Waals surface area (Å²) in [6.07, 6.45) is 1.83. The molecule has 0 saturated carbocycles. The molecule has 1 amide bonds. The maximum atomic E-state index is 12.6. The molecule has 0 fully saturated rings. The fraction of sp³-hybridized carbons (Fsp3) is 0.200. The molecule has 3 rings (SSSR count). The number of hydrogen-bond donors (Lipinski definition) is 1. The van der Waals surface area contributed by atoms with E-state index in [1.54, 1.807) is 24.4 Å². The van der Waals surface area contributed by atoms with Crippen LogP contribution in [0.4, 0.5) is 0 Å². The second-order valence-corrected chi connectivity index (χ2v) is 5.85. The Balaban J connectivity index is 1.77. The fourth-order valence-electron chi connectivity index (χ4n) is 2.65. The number of esters is 1. The molecular weight excluding hydrogens is 346 g/mol. The van der Waals surface area contributed by atoms with E-state index >= 15 is 0 Å². The van der Waals surface area contributed by atoms with Crippen LogP contribution in [0.5, 0.6) is 5.88 Å². The molecule has 0 saturated heterocycles. The van der Waals surface area contributed by atoms with Crippen molar-refractivity contribution < 1.29 is 19.1 Å². The monoisotopic (exact) mass is 365 g/mol. The quantitative estimate of drug-likeness (QED) is 0.673. The van der Waals surface area contributed by atoms with Crippen molar-refractivity contribution >= 4 is 22.8 Å². The highest BCUT2D eigenvalue weighted by Gasteiger charge is 2.23. The summed E-state index contributed by atoms with van der Waals surface area (Å²) in [4.78, 5) is 33.2. The van der Waals surface area contributed by atoms with E-state index in [0.717, 1.165) is 10.9 Å². The number of para-hydroxylation sites is 1. The highest BCUT2D eigenvalue weighted by molar-refractivity contribution is 5.97. The van der Waals surface area contributed by atoms with Gasteiger partial charge in [-0.05, 0) is 17.7 Å². The molecule has 0 aliphatic rings. The molecular formula is C20H19N3O4. The number of hydrogen-bond acceptors (Lipinski definition) is 6. The zero-order valence-corrected chi connectivity index (χ0v) is 15.0. The molecule has 7 heteroatoms. The minimum Gasteiger partial charge on any atom is -0.481 e. The smallest absolute Gasteiger partial charge is 0.328 e. The van der Waals surface area contributed by atoms with Crippen LogP contribution in [0.3, 0.4) is 0 Å². The number of ether oxygens (including phenoxy) is 2. The molecule has 27 heavy (non-hydrogen) atoms. The van der Waals surface area contributed by atoms with E-state index < -0.39 is 17.9 Å². The third-order valence-electron chi connectivity index (χ3n) is 4.07. The van der Waals surface area contributed by atoms with Gasteiger partial charge in [-0.1, -0.05) is 30.3 Å². The van der Waals surface area contributed by atoms with Gasteiger partial charge in [0.2, 0.25) is 5.88 Å². The lowest BCUT2D eigenvalue weighted by Gasteiger charge is -2.16. The lowest BCUT2D eigenvalue weighted by atomic mass is 10.1. The molecule has 2 aromatic heterocycles. The van der Waals surface area contributed by atoms with E-state index in [4.69, 9.17) is 9.47 Å². The standard InChI is InChI=1S/C20H19N3O4/c1-26-18-10-7-13(12-21-18)11-17(20(25)27-2)23-19(24)16-9-8-14-5-3-4-6-15(14)22-16/h3-10,12,17H,11H2,1-2H3,(H,23,24)/t17-/m0/s1. The molecule has 0 spiro atoms. The normalized spacial score (nSPS) is 11.6. The Bertz CT molecular complexity index is 957. The van der Waals surface area contributed by atoms with Crippen LogP contribution in [0.15, 0.2) is 54.7 Å². The van der Waals surface area contributed by atoms with Crippen molar-refractivity contribution in [3.63, 3.8) is 0 Å². The Labute approximate surface area is 156 Å². The molecule has 1 aromatic carbocycles. The van der Waals surface area contributed by atoms with E-state index in [1.807, 2.05) is 30.3 Å². The number of amides is 1. The van der Waals surface area contributed by atoms with Crippen LogP contribution in [0.1, 0.15) is 16.1 Å². The molecule has 138 valence electrons. The predicted molar refractivity (Wildman–Crippen MR) is 99.5 cm³/mol. The van der Waals surface area contributed by atoms with Crippen LogP contribution in [0.2, 0.25) is 0 Å². The van der Waals surface area contributed by atoms with Gasteiger partial charge >= 0.3 is 5.97 Å². The Morgan fingerprint density at radius 3 is 2.59 bits per heavy atom. The second kappa shape index (κ2) is 8.27. The van der Waals surface area contributed by atoms with E-state index in [2.05, 4.69) is 15.3 Å². The largest absolute Gasteiger partial charge is 0.481 e. The predicted octanol–water partition coefficient (Wildman–Crippen LogP) is 2.15. The minimum absolute atomic E-state index is 0.232. The third-order valence-corrected chi connectivity index (χ3v) is 4.07. The lowest BCUT2D eigenvalue weighted by Crippen LogP contribution is -2.43. The van der Waals surface area contributed by atoms with Gasteiger partial charge < -0.3 is 14.8 Å². The van der Waals surface area contributed by atoms with Crippen molar-refractivity contribution in [3.05, 3.63) is 66.0 Å². The van der Waals surface area contributed by atoms with Gasteiger partial charge in [0.15, 0.2) is 0 Å². The zero-order chi connectivity index (χ0) is 19.2. The Morgan fingerprint density at radius 2 is 1.89 bits per heavy atom. The molecule has 0 bridgehead atoms. The van der Waals surface area contributed by atoms with Crippen molar-refractivity contribution in [2.45, 2.75) is 12.5 Å². The number of nitrogens with one attached hydrogen (secondary N) is 1. The van der Waals surface area contributed by atoms with E-state index in [-0.39, 0.29) is 12.1 Å². The summed E-state index contributed by atoms with van der Waals surface area (Å²) in [5.74, 6) is -0.518. The van der Waals surface area contributed by atoms with Crippen LogP contribution >= 0.6 is 0 Å². The Morgan fingerprint density at radius 1 is 1.07 bits per heavy atom. The van der Waals surface area contributed by atoms with Crippen molar-refractivity contribution in [2.75, 3.05) is 14.2 Å². The number of aromatic nitrogens is 2. The van der Waals surface area contributed by atoms with Crippen molar-refractivity contribution in [2.24, 2.45) is 0 Å². The van der Waals surface area contributed by atoms with E-state index in [1.165, 1.54) is 14.2 Å². The molecule has 0 radical (unpaired) electrons. The zero-order valence-electron chi connectivity index (χ0n) is 15.0. The molecule has 0 unspecified atom stereocenters. The SMILES string of the molecule is COC(=O)[C@H](Cc1ccc(OC)nc1)NC(=O)c1ccc2ccccc2n1. The van der Waals surface area contributed by atoms with Gasteiger partial charge in [-0.15, -0.1) is 0 Å². The summed E-state index contributed by atoms with van der Waals surface area (Å²) in [6, 6.07) is 13.6. The molecule has 1 atom stereocenters. The number of carbonyl (C=O) groups is 2. The van der Waals surface area contributed by atoms with Gasteiger partial charge in [0.25, 0.3) is 5.91 Å². The second-order valence-electron chi connectivity index (χ2n) is 5.85. The van der Waals surface area contributed by atoms with Gasteiger partial charge in [-0.2, -0.15) is 0 Å². The average Bonchev–Trinajstić information content (AvgIpc) is 2.72. The first kappa shape index (κ1) is 18.3. The number of carbonyl (C=O) groups excluding carboxylic acids is 2. The molecule has 0 aliphatic carbocycles. The van der Waals surface area contributed by atoms with Crippen LogP contribution in [0.25, 0.3) is 10.9 Å². The lowest BCUT2D eigenvalue weighted by molar-refractivity contribution is -0.142. The first-order chi connectivity index (χ1) is 13.1. The molecule has 7 nitrogen and oxygen atoms in total. The number of methoxy groups -OCH3 is 2. The van der Waals surface area contributed by atoms with Crippen molar-refractivity contribution in [1.29, 1.82) is 0 Å². The number of fused-ring (bicyclic) bond motifs is 1. The summed E-state index contributed by atoms with van der Waals surface area (Å²) in [6.45, 7) is 0. The van der Waals surface area contributed by atoms with Gasteiger partial charge in [-0.3, -0.25) is 4.79 Å². The molecule has 2 heterocycles. The first-order valence-electron chi connectivity index (χ1n) is 8.34. The highest BCUT2D eigenvalue weighted by Crippen LogP contribution is 2.13. The van der Waals surface area contributed by atoms with Crippen molar-refractivity contribution in [1.82, 2.24) is 15.3 Å². The van der Waals surface area contributed by atoms with Gasteiger partial charge in [0.1, 0.15) is 11.7 Å². The average molecular weight is 365 g/mol. The maximum absolute atomic E-state index is 12.6. The third kappa shape index (κ3) is 4.38. The maximum Gasteiger partial charge on any atom is 0.328 e. The van der Waals surface area contributed by atoms with Crippen LogP contribution < -0.4 is 10.1 Å². The van der Waals surface area contributed by atoms with Gasteiger partial charge in [-0.25, -0.2) is 14.8 Å². The topological polar surface area (TPSA) is 90.4 Å². The van der Waals surface area contributed by atoms with Gasteiger partial charge in [0, 0.05) is 24.1 Å². The number of benzene rings is 1. The summed E-state index contributed by atoms with van der Waals surface area (Å²) >= 11 is 0. The van der Waals surface area contributed by atoms with Gasteiger partial charge in [0.05, 0.1) is 19.7 Å². The van der Waals surface area contributed by atoms with Crippen LogP contribution in [0, 0.1) is 0 Å². The first-order valence-corrected chi connectivity index (χ1v) is 8.34. The minimum atomic E-state index is -0.856. The van der Waals surface area contributed by atoms with Crippen LogP contribution in [-0.4, -0.2) is 42.1 Å². The van der Waals surface area contributed by atoms with E-state index in [0.29, 0.717) is 11.4 Å². The number of pyridine rings is 2. The number of rotatable bonds is 6. The Kier molecular flexibility index (Phi) is 5.61. The summed E-state index contributed by atoms with van der Waals surface area (Å²) in [5, 5.41) is 3.62. The summed E-state index contributed by atoms with van der Waals surface area (Å²) in [7, 11) is 2.80. The van der Waals surface area contributed by atoms with Crippen LogP contribution in [-0.2, 0) is 16.0 Å². The Hall–Kier alpha value is -3.48.